The number of halogens is 1. The molecule has 19 heavy (non-hydrogen) atoms. The second-order valence-electron chi connectivity index (χ2n) is 4.90. The summed E-state index contributed by atoms with van der Waals surface area (Å²) in [6.07, 6.45) is 0.994. The van der Waals surface area contributed by atoms with Gasteiger partial charge in [-0.2, -0.15) is 0 Å². The van der Waals surface area contributed by atoms with Crippen LogP contribution in [0.5, 0.6) is 0 Å². The van der Waals surface area contributed by atoms with Gasteiger partial charge in [0, 0.05) is 29.2 Å². The number of rotatable bonds is 7. The zero-order chi connectivity index (χ0) is 14.4. The summed E-state index contributed by atoms with van der Waals surface area (Å²) in [5.41, 5.74) is 0.728. The number of nitro groups is 1. The van der Waals surface area contributed by atoms with E-state index < -0.39 is 4.92 Å². The Bertz CT molecular complexity index is 438. The highest BCUT2D eigenvalue weighted by molar-refractivity contribution is 6.30. The van der Waals surface area contributed by atoms with Gasteiger partial charge in [0.1, 0.15) is 0 Å². The minimum absolute atomic E-state index is 0.0693. The molecule has 1 rings (SSSR count). The van der Waals surface area contributed by atoms with Crippen LogP contribution in [0.25, 0.3) is 0 Å². The van der Waals surface area contributed by atoms with Crippen LogP contribution < -0.4 is 5.32 Å². The summed E-state index contributed by atoms with van der Waals surface area (Å²) in [5.74, 6) is 0. The maximum Gasteiger partial charge on any atom is 0.275 e. The molecular weight excluding hydrogens is 266 g/mol. The van der Waals surface area contributed by atoms with Crippen LogP contribution in [0.3, 0.4) is 0 Å². The van der Waals surface area contributed by atoms with Gasteiger partial charge in [0.15, 0.2) is 0 Å². The van der Waals surface area contributed by atoms with E-state index in [0.29, 0.717) is 23.2 Å². The monoisotopic (exact) mass is 285 g/mol. The van der Waals surface area contributed by atoms with E-state index in [-0.39, 0.29) is 5.69 Å². The fourth-order valence-corrected chi connectivity index (χ4v) is 1.86. The van der Waals surface area contributed by atoms with Crippen molar-refractivity contribution in [3.05, 3.63) is 38.9 Å². The molecule has 0 aromatic heterocycles. The number of nitrogens with one attached hydrogen (secondary N) is 1. The van der Waals surface area contributed by atoms with Gasteiger partial charge < -0.3 is 10.2 Å². The van der Waals surface area contributed by atoms with E-state index in [4.69, 9.17) is 11.6 Å². The summed E-state index contributed by atoms with van der Waals surface area (Å²) in [6, 6.07) is 5.07. The van der Waals surface area contributed by atoms with Gasteiger partial charge in [-0.05, 0) is 46.1 Å². The second-order valence-corrected chi connectivity index (χ2v) is 5.34. The van der Waals surface area contributed by atoms with Gasteiger partial charge in [-0.25, -0.2) is 0 Å². The molecule has 0 amide bonds. The first-order valence-electron chi connectivity index (χ1n) is 6.21. The number of hydrogen-bond donors (Lipinski definition) is 1. The highest BCUT2D eigenvalue weighted by Gasteiger charge is 2.14. The molecule has 1 unspecified atom stereocenters. The van der Waals surface area contributed by atoms with Gasteiger partial charge >= 0.3 is 0 Å². The highest BCUT2D eigenvalue weighted by atomic mass is 35.5. The molecule has 6 heteroatoms. The number of nitro benzene ring substituents is 1. The van der Waals surface area contributed by atoms with E-state index in [2.05, 4.69) is 17.1 Å². The second kappa shape index (κ2) is 7.43. The lowest BCUT2D eigenvalue weighted by atomic mass is 10.1. The third-order valence-electron chi connectivity index (χ3n) is 2.89. The Morgan fingerprint density at radius 1 is 1.47 bits per heavy atom. The third kappa shape index (κ3) is 5.55. The van der Waals surface area contributed by atoms with Crippen LogP contribution >= 0.6 is 11.6 Å². The van der Waals surface area contributed by atoms with Crippen molar-refractivity contribution in [3.8, 4) is 0 Å². The first kappa shape index (κ1) is 15.9. The van der Waals surface area contributed by atoms with Crippen molar-refractivity contribution >= 4 is 17.3 Å². The van der Waals surface area contributed by atoms with Gasteiger partial charge in [-0.15, -0.1) is 0 Å². The van der Waals surface area contributed by atoms with Crippen LogP contribution in [-0.2, 0) is 6.54 Å². The minimum Gasteiger partial charge on any atom is -0.310 e. The van der Waals surface area contributed by atoms with Crippen LogP contribution in [0.2, 0.25) is 5.02 Å². The summed E-state index contributed by atoms with van der Waals surface area (Å²) < 4.78 is 0. The molecule has 0 saturated carbocycles. The molecule has 0 radical (unpaired) electrons. The maximum atomic E-state index is 10.9. The van der Waals surface area contributed by atoms with Crippen molar-refractivity contribution in [2.75, 3.05) is 20.6 Å². The Morgan fingerprint density at radius 3 is 2.74 bits per heavy atom. The van der Waals surface area contributed by atoms with Crippen molar-refractivity contribution in [1.82, 2.24) is 10.2 Å². The molecule has 1 N–H and O–H groups in total. The van der Waals surface area contributed by atoms with E-state index in [1.165, 1.54) is 6.07 Å². The van der Waals surface area contributed by atoms with E-state index in [1.807, 2.05) is 14.1 Å². The van der Waals surface area contributed by atoms with Gasteiger partial charge in [0.25, 0.3) is 5.69 Å². The first-order valence-corrected chi connectivity index (χ1v) is 6.59. The Kier molecular flexibility index (Phi) is 6.21. The van der Waals surface area contributed by atoms with Crippen molar-refractivity contribution in [2.45, 2.75) is 25.9 Å². The average molecular weight is 286 g/mol. The van der Waals surface area contributed by atoms with Crippen LogP contribution in [0.1, 0.15) is 18.9 Å². The fourth-order valence-electron chi connectivity index (χ4n) is 1.69. The molecule has 0 spiro atoms. The third-order valence-corrected chi connectivity index (χ3v) is 3.13. The number of hydrogen-bond acceptors (Lipinski definition) is 4. The molecule has 0 fully saturated rings. The Balaban J connectivity index is 2.60. The van der Waals surface area contributed by atoms with Gasteiger partial charge in [-0.3, -0.25) is 10.1 Å². The van der Waals surface area contributed by atoms with Crippen LogP contribution in [-0.4, -0.2) is 36.5 Å². The van der Waals surface area contributed by atoms with Gasteiger partial charge in [0.2, 0.25) is 0 Å². The molecule has 0 aliphatic rings. The number of nitrogens with zero attached hydrogens (tertiary/aromatic N) is 2. The summed E-state index contributed by atoms with van der Waals surface area (Å²) in [6.45, 7) is 3.53. The SMILES string of the molecule is CC(CCN(C)C)NCc1ccc(Cl)cc1[N+](=O)[O-]. The van der Waals surface area contributed by atoms with E-state index in [9.17, 15) is 10.1 Å². The Labute approximate surface area is 118 Å². The minimum atomic E-state index is -0.395. The molecular formula is C13H20ClN3O2. The molecule has 1 aromatic carbocycles. The van der Waals surface area contributed by atoms with Crippen molar-refractivity contribution < 1.29 is 4.92 Å². The maximum absolute atomic E-state index is 10.9. The summed E-state index contributed by atoms with van der Waals surface area (Å²) in [7, 11) is 4.05. The van der Waals surface area contributed by atoms with Crippen LogP contribution in [0.4, 0.5) is 5.69 Å². The fraction of sp³-hybridized carbons (Fsp3) is 0.538. The Hall–Kier alpha value is -1.17. The lowest BCUT2D eigenvalue weighted by Gasteiger charge is -2.16. The van der Waals surface area contributed by atoms with Gasteiger partial charge in [-0.1, -0.05) is 11.6 Å². The molecule has 0 aliphatic carbocycles. The quantitative estimate of drug-likeness (QED) is 0.618. The summed E-state index contributed by atoms with van der Waals surface area (Å²) >= 11 is 5.78. The first-order chi connectivity index (χ1) is 8.90. The standard InChI is InChI=1S/C13H20ClN3O2/c1-10(6-7-16(2)3)15-9-11-4-5-12(14)8-13(11)17(18)19/h4-5,8,10,15H,6-7,9H2,1-3H3. The normalized spacial score (nSPS) is 12.7. The van der Waals surface area contributed by atoms with Crippen LogP contribution in [0, 0.1) is 10.1 Å². The van der Waals surface area contributed by atoms with Crippen molar-refractivity contribution in [3.63, 3.8) is 0 Å². The lowest BCUT2D eigenvalue weighted by Crippen LogP contribution is -2.29. The van der Waals surface area contributed by atoms with E-state index in [0.717, 1.165) is 13.0 Å². The number of benzene rings is 1. The Morgan fingerprint density at radius 2 is 2.16 bits per heavy atom. The topological polar surface area (TPSA) is 58.4 Å². The van der Waals surface area contributed by atoms with E-state index in [1.54, 1.807) is 12.1 Å². The molecule has 0 heterocycles. The molecule has 0 bridgehead atoms. The molecule has 1 aromatic rings. The molecule has 5 nitrogen and oxygen atoms in total. The predicted octanol–water partition coefficient (Wildman–Crippen LogP) is 2.68. The predicted molar refractivity (Wildman–Crippen MR) is 77.6 cm³/mol. The zero-order valence-corrected chi connectivity index (χ0v) is 12.3. The van der Waals surface area contributed by atoms with E-state index >= 15 is 0 Å². The smallest absolute Gasteiger partial charge is 0.275 e. The average Bonchev–Trinajstić information content (AvgIpc) is 2.34. The molecule has 106 valence electrons. The largest absolute Gasteiger partial charge is 0.310 e. The van der Waals surface area contributed by atoms with Crippen LogP contribution in [0.15, 0.2) is 18.2 Å². The van der Waals surface area contributed by atoms with Crippen molar-refractivity contribution in [1.29, 1.82) is 0 Å². The van der Waals surface area contributed by atoms with Crippen molar-refractivity contribution in [2.24, 2.45) is 0 Å². The lowest BCUT2D eigenvalue weighted by molar-refractivity contribution is -0.385. The molecule has 0 saturated heterocycles. The zero-order valence-electron chi connectivity index (χ0n) is 11.5. The molecule has 0 aliphatic heterocycles. The summed E-state index contributed by atoms with van der Waals surface area (Å²) in [4.78, 5) is 12.7. The summed E-state index contributed by atoms with van der Waals surface area (Å²) in [5, 5.41) is 14.6. The van der Waals surface area contributed by atoms with Gasteiger partial charge in [0.05, 0.1) is 4.92 Å². The highest BCUT2D eigenvalue weighted by Crippen LogP contribution is 2.23. The molecule has 1 atom stereocenters.